The third-order valence-corrected chi connectivity index (χ3v) is 3.40. The molecule has 0 amide bonds. The summed E-state index contributed by atoms with van der Waals surface area (Å²) in [5, 5.41) is 3.39. The summed E-state index contributed by atoms with van der Waals surface area (Å²) in [7, 11) is 0. The van der Waals surface area contributed by atoms with Crippen LogP contribution in [0.3, 0.4) is 0 Å². The van der Waals surface area contributed by atoms with Crippen molar-refractivity contribution in [2.45, 2.75) is 51.4 Å². The second-order valence-electron chi connectivity index (χ2n) is 4.70. The van der Waals surface area contributed by atoms with Crippen molar-refractivity contribution < 1.29 is 0 Å². The summed E-state index contributed by atoms with van der Waals surface area (Å²) in [6.07, 6.45) is 7.60. The van der Waals surface area contributed by atoms with Crippen molar-refractivity contribution in [1.29, 1.82) is 0 Å². The van der Waals surface area contributed by atoms with E-state index in [-0.39, 0.29) is 0 Å². The van der Waals surface area contributed by atoms with E-state index in [0.29, 0.717) is 5.92 Å². The number of anilines is 1. The average molecular weight is 298 g/mol. The molecule has 1 fully saturated rings. The predicted molar refractivity (Wildman–Crippen MR) is 74.3 cm³/mol. The summed E-state index contributed by atoms with van der Waals surface area (Å²) >= 11 is 3.45. The van der Waals surface area contributed by atoms with Gasteiger partial charge in [-0.15, -0.1) is 0 Å². The molecule has 94 valence electrons. The summed E-state index contributed by atoms with van der Waals surface area (Å²) in [6.45, 7) is 3.24. The third kappa shape index (κ3) is 4.26. The van der Waals surface area contributed by atoms with Crippen molar-refractivity contribution in [3.05, 3.63) is 16.5 Å². The average Bonchev–Trinajstić information content (AvgIpc) is 3.12. The SMILES string of the molecule is CCCCCCNc1cc(Br)nc(C2CC2)n1. The molecule has 3 nitrogen and oxygen atoms in total. The minimum Gasteiger partial charge on any atom is -0.370 e. The van der Waals surface area contributed by atoms with Gasteiger partial charge in [0.2, 0.25) is 0 Å². The van der Waals surface area contributed by atoms with Crippen LogP contribution in [0.15, 0.2) is 10.7 Å². The molecule has 1 aromatic rings. The number of nitrogens with zero attached hydrogens (tertiary/aromatic N) is 2. The minimum atomic E-state index is 0.605. The number of hydrogen-bond acceptors (Lipinski definition) is 3. The molecule has 4 heteroatoms. The van der Waals surface area contributed by atoms with Crippen LogP contribution in [-0.4, -0.2) is 16.5 Å². The van der Waals surface area contributed by atoms with Gasteiger partial charge in [-0.1, -0.05) is 26.2 Å². The van der Waals surface area contributed by atoms with Crippen LogP contribution < -0.4 is 5.32 Å². The highest BCUT2D eigenvalue weighted by molar-refractivity contribution is 9.10. The van der Waals surface area contributed by atoms with Gasteiger partial charge < -0.3 is 5.32 Å². The highest BCUT2D eigenvalue weighted by Crippen LogP contribution is 2.38. The number of hydrogen-bond donors (Lipinski definition) is 1. The Morgan fingerprint density at radius 2 is 2.12 bits per heavy atom. The molecule has 0 unspecified atom stereocenters. The second kappa shape index (κ2) is 6.34. The highest BCUT2D eigenvalue weighted by Gasteiger charge is 2.27. The second-order valence-corrected chi connectivity index (χ2v) is 5.51. The van der Waals surface area contributed by atoms with Gasteiger partial charge in [0.25, 0.3) is 0 Å². The molecular weight excluding hydrogens is 278 g/mol. The van der Waals surface area contributed by atoms with E-state index in [1.165, 1.54) is 38.5 Å². The van der Waals surface area contributed by atoms with E-state index in [2.05, 4.69) is 38.1 Å². The lowest BCUT2D eigenvalue weighted by molar-refractivity contribution is 0.684. The standard InChI is InChI=1S/C13H20BrN3/c1-2-3-4-5-8-15-12-9-11(14)16-13(17-12)10-6-7-10/h9-10H,2-8H2,1H3,(H,15,16,17). The van der Waals surface area contributed by atoms with Crippen LogP contribution in [0.1, 0.15) is 57.2 Å². The van der Waals surface area contributed by atoms with Gasteiger partial charge in [0.05, 0.1) is 0 Å². The van der Waals surface area contributed by atoms with Gasteiger partial charge in [-0.3, -0.25) is 0 Å². The zero-order valence-electron chi connectivity index (χ0n) is 10.4. The van der Waals surface area contributed by atoms with E-state index < -0.39 is 0 Å². The molecule has 0 spiro atoms. The summed E-state index contributed by atoms with van der Waals surface area (Å²) < 4.78 is 0.894. The van der Waals surface area contributed by atoms with Crippen LogP contribution in [-0.2, 0) is 0 Å². The van der Waals surface area contributed by atoms with Crippen molar-refractivity contribution in [2.75, 3.05) is 11.9 Å². The molecule has 17 heavy (non-hydrogen) atoms. The number of rotatable bonds is 7. The Kier molecular flexibility index (Phi) is 4.77. The molecule has 0 aromatic carbocycles. The Balaban J connectivity index is 1.82. The van der Waals surface area contributed by atoms with Crippen LogP contribution in [0.2, 0.25) is 0 Å². The quantitative estimate of drug-likeness (QED) is 0.608. The van der Waals surface area contributed by atoms with E-state index >= 15 is 0 Å². The Hall–Kier alpha value is -0.640. The topological polar surface area (TPSA) is 37.8 Å². The largest absolute Gasteiger partial charge is 0.370 e. The monoisotopic (exact) mass is 297 g/mol. The maximum absolute atomic E-state index is 4.56. The molecule has 1 aliphatic rings. The molecule has 0 bridgehead atoms. The molecule has 1 N–H and O–H groups in total. The van der Waals surface area contributed by atoms with Gasteiger partial charge in [0.15, 0.2) is 0 Å². The Bertz CT molecular complexity index is 364. The number of aromatic nitrogens is 2. The molecule has 0 atom stereocenters. The van der Waals surface area contributed by atoms with E-state index in [9.17, 15) is 0 Å². The maximum atomic E-state index is 4.56. The molecule has 2 rings (SSSR count). The normalized spacial score (nSPS) is 14.9. The first-order chi connectivity index (χ1) is 8.29. The molecule has 1 saturated carbocycles. The van der Waals surface area contributed by atoms with Gasteiger partial charge in [-0.2, -0.15) is 0 Å². The third-order valence-electron chi connectivity index (χ3n) is 2.99. The molecule has 0 aliphatic heterocycles. The fraction of sp³-hybridized carbons (Fsp3) is 0.692. The number of halogens is 1. The van der Waals surface area contributed by atoms with Crippen LogP contribution >= 0.6 is 15.9 Å². The minimum absolute atomic E-state index is 0.605. The summed E-state index contributed by atoms with van der Waals surface area (Å²) in [4.78, 5) is 8.98. The summed E-state index contributed by atoms with van der Waals surface area (Å²) in [5.41, 5.74) is 0. The van der Waals surface area contributed by atoms with Gasteiger partial charge in [0.1, 0.15) is 16.2 Å². The number of unbranched alkanes of at least 4 members (excludes halogenated alkanes) is 3. The molecule has 0 radical (unpaired) electrons. The molecular formula is C13H20BrN3. The van der Waals surface area contributed by atoms with E-state index in [0.717, 1.165) is 22.8 Å². The fourth-order valence-corrected chi connectivity index (χ4v) is 2.22. The molecule has 0 saturated heterocycles. The van der Waals surface area contributed by atoms with Crippen LogP contribution in [0.25, 0.3) is 0 Å². The smallest absolute Gasteiger partial charge is 0.135 e. The zero-order chi connectivity index (χ0) is 12.1. The first-order valence-electron chi connectivity index (χ1n) is 6.58. The molecule has 1 aromatic heterocycles. The fourth-order valence-electron chi connectivity index (χ4n) is 1.82. The Morgan fingerprint density at radius 1 is 1.29 bits per heavy atom. The van der Waals surface area contributed by atoms with Crippen LogP contribution in [0.5, 0.6) is 0 Å². The van der Waals surface area contributed by atoms with E-state index in [1.807, 2.05) is 6.07 Å². The summed E-state index contributed by atoms with van der Waals surface area (Å²) in [5.74, 6) is 2.56. The van der Waals surface area contributed by atoms with Gasteiger partial charge >= 0.3 is 0 Å². The van der Waals surface area contributed by atoms with Gasteiger partial charge in [-0.05, 0) is 35.2 Å². The lowest BCUT2D eigenvalue weighted by Crippen LogP contribution is -2.05. The van der Waals surface area contributed by atoms with Crippen molar-refractivity contribution in [3.8, 4) is 0 Å². The van der Waals surface area contributed by atoms with Crippen LogP contribution in [0, 0.1) is 0 Å². The molecule has 1 aliphatic carbocycles. The lowest BCUT2D eigenvalue weighted by atomic mass is 10.2. The Labute approximate surface area is 112 Å². The van der Waals surface area contributed by atoms with Crippen LogP contribution in [0.4, 0.5) is 5.82 Å². The highest BCUT2D eigenvalue weighted by atomic mass is 79.9. The lowest BCUT2D eigenvalue weighted by Gasteiger charge is -2.07. The predicted octanol–water partition coefficient (Wildman–Crippen LogP) is 4.11. The maximum Gasteiger partial charge on any atom is 0.135 e. The van der Waals surface area contributed by atoms with Crippen molar-refractivity contribution in [1.82, 2.24) is 9.97 Å². The first-order valence-corrected chi connectivity index (χ1v) is 7.37. The van der Waals surface area contributed by atoms with Crippen molar-refractivity contribution in [2.24, 2.45) is 0 Å². The zero-order valence-corrected chi connectivity index (χ0v) is 12.0. The first kappa shape index (κ1) is 12.8. The van der Waals surface area contributed by atoms with Crippen molar-refractivity contribution in [3.63, 3.8) is 0 Å². The summed E-state index contributed by atoms with van der Waals surface area (Å²) in [6, 6.07) is 1.96. The van der Waals surface area contributed by atoms with E-state index in [1.54, 1.807) is 0 Å². The van der Waals surface area contributed by atoms with Gasteiger partial charge in [-0.25, -0.2) is 9.97 Å². The van der Waals surface area contributed by atoms with E-state index in [4.69, 9.17) is 0 Å². The number of nitrogens with one attached hydrogen (secondary N) is 1. The van der Waals surface area contributed by atoms with Crippen molar-refractivity contribution >= 4 is 21.7 Å². The molecule has 1 heterocycles. The van der Waals surface area contributed by atoms with Gasteiger partial charge in [0, 0.05) is 18.5 Å². The Morgan fingerprint density at radius 3 is 2.82 bits per heavy atom.